The molecule has 0 radical (unpaired) electrons. The van der Waals surface area contributed by atoms with Crippen molar-refractivity contribution in [2.75, 3.05) is 19.5 Å². The summed E-state index contributed by atoms with van der Waals surface area (Å²) < 4.78 is 10.8. The first-order valence-corrected chi connectivity index (χ1v) is 7.70. The lowest BCUT2D eigenvalue weighted by Crippen LogP contribution is -2.28. The quantitative estimate of drug-likeness (QED) is 0.916. The number of carbonyl (C=O) groups excluding carboxylic acids is 1. The topological polar surface area (TPSA) is 47.6 Å². The number of anilines is 1. The van der Waals surface area contributed by atoms with E-state index in [0.717, 1.165) is 29.7 Å². The maximum atomic E-state index is 12.9. The maximum Gasteiger partial charge on any atom is 0.235 e. The predicted molar refractivity (Wildman–Crippen MR) is 90.3 cm³/mol. The van der Waals surface area contributed by atoms with Crippen LogP contribution in [0.4, 0.5) is 5.69 Å². The molecule has 2 aromatic carbocycles. The van der Waals surface area contributed by atoms with Crippen LogP contribution in [0.3, 0.4) is 0 Å². The monoisotopic (exact) mass is 311 g/mol. The Kier molecular flexibility index (Phi) is 3.99. The van der Waals surface area contributed by atoms with Gasteiger partial charge in [0.2, 0.25) is 5.91 Å². The minimum Gasteiger partial charge on any atom is -0.496 e. The summed E-state index contributed by atoms with van der Waals surface area (Å²) in [4.78, 5) is 12.9. The molecule has 1 N–H and O–H groups in total. The number of carbonyl (C=O) groups is 1. The second-order valence-corrected chi connectivity index (χ2v) is 5.94. The molecule has 2 aromatic rings. The molecule has 0 bridgehead atoms. The fourth-order valence-corrected chi connectivity index (χ4v) is 2.95. The first-order valence-electron chi connectivity index (χ1n) is 7.70. The number of hydrogen-bond acceptors (Lipinski definition) is 3. The molecule has 120 valence electrons. The number of amides is 1. The number of aryl methyl sites for hydroxylation is 1. The average molecular weight is 311 g/mol. The maximum absolute atomic E-state index is 12.9. The van der Waals surface area contributed by atoms with Gasteiger partial charge in [-0.1, -0.05) is 24.3 Å². The SMILES string of the molecule is COc1ccc(C)cc1NC(=O)C1(c2ccccc2OC)CC1. The van der Waals surface area contributed by atoms with Gasteiger partial charge in [0.05, 0.1) is 25.3 Å². The van der Waals surface area contributed by atoms with Gasteiger partial charge in [-0.05, 0) is 43.5 Å². The highest BCUT2D eigenvalue weighted by Crippen LogP contribution is 2.52. The van der Waals surface area contributed by atoms with Crippen molar-refractivity contribution in [3.63, 3.8) is 0 Å². The lowest BCUT2D eigenvalue weighted by atomic mass is 9.93. The van der Waals surface area contributed by atoms with Gasteiger partial charge in [-0.2, -0.15) is 0 Å². The van der Waals surface area contributed by atoms with E-state index in [1.165, 1.54) is 0 Å². The van der Waals surface area contributed by atoms with E-state index in [1.54, 1.807) is 14.2 Å². The Hall–Kier alpha value is -2.49. The zero-order valence-electron chi connectivity index (χ0n) is 13.7. The molecule has 0 spiro atoms. The Bertz CT molecular complexity index is 735. The summed E-state index contributed by atoms with van der Waals surface area (Å²) >= 11 is 0. The molecule has 1 amide bonds. The Morgan fingerprint density at radius 1 is 1.04 bits per heavy atom. The van der Waals surface area contributed by atoms with Gasteiger partial charge in [0.25, 0.3) is 0 Å². The summed E-state index contributed by atoms with van der Waals surface area (Å²) in [6, 6.07) is 13.5. The van der Waals surface area contributed by atoms with E-state index >= 15 is 0 Å². The minimum absolute atomic E-state index is 0.00843. The number of benzene rings is 2. The van der Waals surface area contributed by atoms with Gasteiger partial charge in [0.1, 0.15) is 11.5 Å². The van der Waals surface area contributed by atoms with Crippen LogP contribution in [0.5, 0.6) is 11.5 Å². The summed E-state index contributed by atoms with van der Waals surface area (Å²) in [5.74, 6) is 1.42. The summed E-state index contributed by atoms with van der Waals surface area (Å²) in [5, 5.41) is 3.04. The third-order valence-corrected chi connectivity index (χ3v) is 4.41. The molecule has 0 saturated heterocycles. The van der Waals surface area contributed by atoms with Crippen LogP contribution in [0.25, 0.3) is 0 Å². The highest BCUT2D eigenvalue weighted by atomic mass is 16.5. The molecular weight excluding hydrogens is 290 g/mol. The van der Waals surface area contributed by atoms with Crippen molar-refractivity contribution in [1.29, 1.82) is 0 Å². The fourth-order valence-electron chi connectivity index (χ4n) is 2.95. The Morgan fingerprint density at radius 3 is 2.39 bits per heavy atom. The first kappa shape index (κ1) is 15.4. The van der Waals surface area contributed by atoms with Gasteiger partial charge in [0.15, 0.2) is 0 Å². The third kappa shape index (κ3) is 2.77. The van der Waals surface area contributed by atoms with Crippen LogP contribution in [-0.2, 0) is 10.2 Å². The lowest BCUT2D eigenvalue weighted by Gasteiger charge is -2.19. The van der Waals surface area contributed by atoms with Crippen molar-refractivity contribution in [2.24, 2.45) is 0 Å². The summed E-state index contributed by atoms with van der Waals surface area (Å²) in [6.07, 6.45) is 1.65. The van der Waals surface area contributed by atoms with Gasteiger partial charge in [-0.25, -0.2) is 0 Å². The molecule has 1 fully saturated rings. The number of ether oxygens (including phenoxy) is 2. The van der Waals surface area contributed by atoms with E-state index in [-0.39, 0.29) is 5.91 Å². The van der Waals surface area contributed by atoms with Crippen molar-refractivity contribution < 1.29 is 14.3 Å². The number of hydrogen-bond donors (Lipinski definition) is 1. The second-order valence-electron chi connectivity index (χ2n) is 5.94. The normalized spacial score (nSPS) is 14.9. The molecule has 23 heavy (non-hydrogen) atoms. The van der Waals surface area contributed by atoms with E-state index in [1.807, 2.05) is 49.4 Å². The van der Waals surface area contributed by atoms with E-state index in [4.69, 9.17) is 9.47 Å². The number of methoxy groups -OCH3 is 2. The fraction of sp³-hybridized carbons (Fsp3) is 0.316. The van der Waals surface area contributed by atoms with Crippen LogP contribution in [0.1, 0.15) is 24.0 Å². The van der Waals surface area contributed by atoms with Crippen molar-refractivity contribution in [3.05, 3.63) is 53.6 Å². The van der Waals surface area contributed by atoms with Crippen molar-refractivity contribution in [2.45, 2.75) is 25.2 Å². The van der Waals surface area contributed by atoms with E-state index in [9.17, 15) is 4.79 Å². The van der Waals surface area contributed by atoms with Crippen molar-refractivity contribution >= 4 is 11.6 Å². The Morgan fingerprint density at radius 2 is 1.74 bits per heavy atom. The molecule has 0 heterocycles. The lowest BCUT2D eigenvalue weighted by molar-refractivity contribution is -0.118. The molecule has 4 heteroatoms. The molecule has 0 aromatic heterocycles. The van der Waals surface area contributed by atoms with Gasteiger partial charge in [-0.15, -0.1) is 0 Å². The van der Waals surface area contributed by atoms with Gasteiger partial charge >= 0.3 is 0 Å². The summed E-state index contributed by atoms with van der Waals surface area (Å²) in [5.41, 5.74) is 2.23. The van der Waals surface area contributed by atoms with Crippen LogP contribution < -0.4 is 14.8 Å². The van der Waals surface area contributed by atoms with Gasteiger partial charge < -0.3 is 14.8 Å². The molecule has 1 aliphatic rings. The second kappa shape index (κ2) is 5.95. The molecular formula is C19H21NO3. The summed E-state index contributed by atoms with van der Waals surface area (Å²) in [7, 11) is 3.24. The number of rotatable bonds is 5. The molecule has 0 atom stereocenters. The van der Waals surface area contributed by atoms with Crippen LogP contribution >= 0.6 is 0 Å². The smallest absolute Gasteiger partial charge is 0.235 e. The molecule has 1 saturated carbocycles. The van der Waals surface area contributed by atoms with Crippen LogP contribution in [0, 0.1) is 6.92 Å². The average Bonchev–Trinajstić information content (AvgIpc) is 3.37. The highest BCUT2D eigenvalue weighted by molar-refractivity contribution is 6.02. The highest BCUT2D eigenvalue weighted by Gasteiger charge is 2.52. The van der Waals surface area contributed by atoms with E-state index in [2.05, 4.69) is 5.32 Å². The Labute approximate surface area is 136 Å². The molecule has 1 aliphatic carbocycles. The Balaban J connectivity index is 1.90. The van der Waals surface area contributed by atoms with Crippen molar-refractivity contribution in [1.82, 2.24) is 0 Å². The van der Waals surface area contributed by atoms with Crippen LogP contribution in [0.15, 0.2) is 42.5 Å². The standard InChI is InChI=1S/C19H21NO3/c1-13-8-9-17(23-3)15(12-13)20-18(21)19(10-11-19)14-6-4-5-7-16(14)22-2/h4-9,12H,10-11H2,1-3H3,(H,20,21). The zero-order chi connectivity index (χ0) is 16.4. The van der Waals surface area contributed by atoms with E-state index < -0.39 is 5.41 Å². The molecule has 3 rings (SSSR count). The number of nitrogens with one attached hydrogen (secondary N) is 1. The molecule has 0 aliphatic heterocycles. The van der Waals surface area contributed by atoms with Gasteiger partial charge in [-0.3, -0.25) is 4.79 Å². The van der Waals surface area contributed by atoms with Crippen molar-refractivity contribution in [3.8, 4) is 11.5 Å². The predicted octanol–water partition coefficient (Wildman–Crippen LogP) is 3.68. The largest absolute Gasteiger partial charge is 0.496 e. The molecule has 4 nitrogen and oxygen atoms in total. The van der Waals surface area contributed by atoms with Crippen LogP contribution in [0.2, 0.25) is 0 Å². The third-order valence-electron chi connectivity index (χ3n) is 4.41. The first-order chi connectivity index (χ1) is 11.1. The molecule has 0 unspecified atom stereocenters. The van der Waals surface area contributed by atoms with Gasteiger partial charge in [0, 0.05) is 5.56 Å². The summed E-state index contributed by atoms with van der Waals surface area (Å²) in [6.45, 7) is 1.99. The minimum atomic E-state index is -0.499. The van der Waals surface area contributed by atoms with E-state index in [0.29, 0.717) is 11.4 Å². The number of para-hydroxylation sites is 1. The van der Waals surface area contributed by atoms with Crippen LogP contribution in [-0.4, -0.2) is 20.1 Å². The zero-order valence-corrected chi connectivity index (χ0v) is 13.7.